The van der Waals surface area contributed by atoms with Crippen molar-refractivity contribution in [1.29, 1.82) is 0 Å². The van der Waals surface area contributed by atoms with Crippen molar-refractivity contribution in [1.82, 2.24) is 0 Å². The predicted molar refractivity (Wildman–Crippen MR) is 80.4 cm³/mol. The smallest absolute Gasteiger partial charge is 0.159 e. The fraction of sp³-hybridized carbons (Fsp3) is 0.167. The van der Waals surface area contributed by atoms with Crippen molar-refractivity contribution >= 4 is 5.78 Å². The molecule has 96 valence electrons. The Morgan fingerprint density at radius 3 is 1.79 bits per heavy atom. The average molecular weight is 250 g/mol. The Kier molecular flexibility index (Phi) is 3.96. The summed E-state index contributed by atoms with van der Waals surface area (Å²) in [5.41, 5.74) is 5.49. The molecule has 2 aromatic rings. The number of Topliss-reactive ketones (excluding diaryl/α,β-unsaturated/α-hetero) is 1. The number of rotatable bonds is 4. The predicted octanol–water partition coefficient (Wildman–Crippen LogP) is 4.67. The maximum Gasteiger partial charge on any atom is 0.159 e. The number of benzene rings is 2. The van der Waals surface area contributed by atoms with Gasteiger partial charge in [0, 0.05) is 5.56 Å². The summed E-state index contributed by atoms with van der Waals surface area (Å²) in [4.78, 5) is 11.2. The number of hydrogen-bond acceptors (Lipinski definition) is 1. The first kappa shape index (κ1) is 13.3. The summed E-state index contributed by atoms with van der Waals surface area (Å²) in [5, 5.41) is 0. The number of ketones is 1. The standard InChI is InChI=1S/C18H18O/c1-13(2)12-15-4-6-17(7-5-15)18-10-8-16(9-11-18)14(3)19/h4-11H,1,12H2,2-3H3. The summed E-state index contributed by atoms with van der Waals surface area (Å²) < 4.78 is 0. The van der Waals surface area contributed by atoms with Crippen LogP contribution in [0.2, 0.25) is 0 Å². The quantitative estimate of drug-likeness (QED) is 0.569. The summed E-state index contributed by atoms with van der Waals surface area (Å²) in [7, 11) is 0. The Hall–Kier alpha value is -2.15. The number of carbonyl (C=O) groups is 1. The maximum absolute atomic E-state index is 11.2. The van der Waals surface area contributed by atoms with E-state index in [4.69, 9.17) is 0 Å². The lowest BCUT2D eigenvalue weighted by Gasteiger charge is -2.05. The first-order valence-corrected chi connectivity index (χ1v) is 6.41. The minimum absolute atomic E-state index is 0.100. The van der Waals surface area contributed by atoms with Crippen molar-refractivity contribution in [2.75, 3.05) is 0 Å². The molecule has 0 bridgehead atoms. The van der Waals surface area contributed by atoms with Crippen LogP contribution < -0.4 is 0 Å². The molecule has 0 saturated carbocycles. The van der Waals surface area contributed by atoms with E-state index in [0.29, 0.717) is 0 Å². The van der Waals surface area contributed by atoms with Crippen LogP contribution in [0.15, 0.2) is 60.7 Å². The second-order valence-electron chi connectivity index (χ2n) is 4.96. The highest BCUT2D eigenvalue weighted by atomic mass is 16.1. The second kappa shape index (κ2) is 5.66. The number of carbonyl (C=O) groups excluding carboxylic acids is 1. The van der Waals surface area contributed by atoms with Gasteiger partial charge in [0.2, 0.25) is 0 Å². The van der Waals surface area contributed by atoms with Gasteiger partial charge in [-0.2, -0.15) is 0 Å². The van der Waals surface area contributed by atoms with Crippen molar-refractivity contribution < 1.29 is 4.79 Å². The molecule has 0 atom stereocenters. The SMILES string of the molecule is C=C(C)Cc1ccc(-c2ccc(C(C)=O)cc2)cc1. The van der Waals surface area contributed by atoms with Gasteiger partial charge in [0.25, 0.3) is 0 Å². The lowest BCUT2D eigenvalue weighted by molar-refractivity contribution is 0.101. The van der Waals surface area contributed by atoms with Crippen LogP contribution in [-0.4, -0.2) is 5.78 Å². The van der Waals surface area contributed by atoms with Crippen molar-refractivity contribution in [3.05, 3.63) is 71.8 Å². The van der Waals surface area contributed by atoms with Crippen molar-refractivity contribution in [2.45, 2.75) is 20.3 Å². The fourth-order valence-electron chi connectivity index (χ4n) is 2.06. The van der Waals surface area contributed by atoms with Crippen LogP contribution in [0.3, 0.4) is 0 Å². The molecule has 0 fully saturated rings. The van der Waals surface area contributed by atoms with Gasteiger partial charge >= 0.3 is 0 Å². The zero-order valence-corrected chi connectivity index (χ0v) is 11.4. The molecule has 0 aliphatic heterocycles. The molecular weight excluding hydrogens is 232 g/mol. The highest BCUT2D eigenvalue weighted by molar-refractivity contribution is 5.94. The van der Waals surface area contributed by atoms with Gasteiger partial charge in [0.1, 0.15) is 0 Å². The van der Waals surface area contributed by atoms with Gasteiger partial charge in [-0.25, -0.2) is 0 Å². The Bertz CT molecular complexity index is 589. The van der Waals surface area contributed by atoms with Crippen LogP contribution in [0.4, 0.5) is 0 Å². The Balaban J connectivity index is 2.22. The summed E-state index contributed by atoms with van der Waals surface area (Å²) >= 11 is 0. The Morgan fingerprint density at radius 2 is 1.37 bits per heavy atom. The molecule has 0 unspecified atom stereocenters. The maximum atomic E-state index is 11.2. The van der Waals surface area contributed by atoms with Crippen LogP contribution >= 0.6 is 0 Å². The molecule has 0 heterocycles. The molecule has 0 amide bonds. The Morgan fingerprint density at radius 1 is 0.895 bits per heavy atom. The zero-order chi connectivity index (χ0) is 13.8. The third kappa shape index (κ3) is 3.41. The minimum Gasteiger partial charge on any atom is -0.295 e. The number of allylic oxidation sites excluding steroid dienone is 1. The van der Waals surface area contributed by atoms with Gasteiger partial charge in [-0.15, -0.1) is 0 Å². The van der Waals surface area contributed by atoms with E-state index in [-0.39, 0.29) is 5.78 Å². The molecule has 1 nitrogen and oxygen atoms in total. The van der Waals surface area contributed by atoms with Crippen molar-refractivity contribution in [3.8, 4) is 11.1 Å². The van der Waals surface area contributed by atoms with E-state index in [0.717, 1.165) is 17.5 Å². The third-order valence-corrected chi connectivity index (χ3v) is 3.08. The molecule has 0 radical (unpaired) electrons. The van der Waals surface area contributed by atoms with Crippen LogP contribution in [0, 0.1) is 0 Å². The van der Waals surface area contributed by atoms with Gasteiger partial charge < -0.3 is 0 Å². The van der Waals surface area contributed by atoms with E-state index in [1.165, 1.54) is 16.7 Å². The third-order valence-electron chi connectivity index (χ3n) is 3.08. The molecular formula is C18H18O. The van der Waals surface area contributed by atoms with Gasteiger partial charge in [0.05, 0.1) is 0 Å². The molecule has 2 rings (SSSR count). The summed E-state index contributed by atoms with van der Waals surface area (Å²) in [6, 6.07) is 16.2. The Labute approximate surface area is 114 Å². The summed E-state index contributed by atoms with van der Waals surface area (Å²) in [6.45, 7) is 7.55. The van der Waals surface area contributed by atoms with Gasteiger partial charge in [-0.05, 0) is 37.0 Å². The highest BCUT2D eigenvalue weighted by Gasteiger charge is 2.01. The van der Waals surface area contributed by atoms with Gasteiger partial charge in [0.15, 0.2) is 5.78 Å². The van der Waals surface area contributed by atoms with Crippen LogP contribution in [0.1, 0.15) is 29.8 Å². The van der Waals surface area contributed by atoms with Gasteiger partial charge in [-0.1, -0.05) is 60.7 Å². The van der Waals surface area contributed by atoms with Gasteiger partial charge in [-0.3, -0.25) is 4.79 Å². The molecule has 19 heavy (non-hydrogen) atoms. The first-order chi connectivity index (χ1) is 9.06. The summed E-state index contributed by atoms with van der Waals surface area (Å²) in [5.74, 6) is 0.100. The largest absolute Gasteiger partial charge is 0.295 e. The van der Waals surface area contributed by atoms with Crippen LogP contribution in [0.25, 0.3) is 11.1 Å². The van der Waals surface area contributed by atoms with E-state index >= 15 is 0 Å². The molecule has 0 N–H and O–H groups in total. The second-order valence-corrected chi connectivity index (χ2v) is 4.96. The normalized spacial score (nSPS) is 10.2. The molecule has 1 heteroatoms. The first-order valence-electron chi connectivity index (χ1n) is 6.41. The van der Waals surface area contributed by atoms with Crippen molar-refractivity contribution in [2.24, 2.45) is 0 Å². The van der Waals surface area contributed by atoms with E-state index in [1.54, 1.807) is 6.92 Å². The molecule has 0 saturated heterocycles. The average Bonchev–Trinajstić information content (AvgIpc) is 2.39. The lowest BCUT2D eigenvalue weighted by Crippen LogP contribution is -1.91. The zero-order valence-electron chi connectivity index (χ0n) is 11.4. The highest BCUT2D eigenvalue weighted by Crippen LogP contribution is 2.21. The molecule has 0 aromatic heterocycles. The number of hydrogen-bond donors (Lipinski definition) is 0. The van der Waals surface area contributed by atoms with E-state index < -0.39 is 0 Å². The van der Waals surface area contributed by atoms with E-state index in [1.807, 2.05) is 31.2 Å². The molecule has 0 aliphatic carbocycles. The molecule has 2 aromatic carbocycles. The lowest BCUT2D eigenvalue weighted by atomic mass is 10.00. The van der Waals surface area contributed by atoms with E-state index in [2.05, 4.69) is 30.8 Å². The minimum atomic E-state index is 0.100. The van der Waals surface area contributed by atoms with Crippen LogP contribution in [-0.2, 0) is 6.42 Å². The molecule has 0 aliphatic rings. The topological polar surface area (TPSA) is 17.1 Å². The summed E-state index contributed by atoms with van der Waals surface area (Å²) in [6.07, 6.45) is 0.920. The van der Waals surface area contributed by atoms with Crippen molar-refractivity contribution in [3.63, 3.8) is 0 Å². The fourth-order valence-corrected chi connectivity index (χ4v) is 2.06. The molecule has 0 spiro atoms. The monoisotopic (exact) mass is 250 g/mol. The van der Waals surface area contributed by atoms with E-state index in [9.17, 15) is 4.79 Å². The van der Waals surface area contributed by atoms with Crippen LogP contribution in [0.5, 0.6) is 0 Å².